The van der Waals surface area contributed by atoms with Gasteiger partial charge in [-0.25, -0.2) is 12.8 Å². The molecule has 1 saturated heterocycles. The molecule has 8 nitrogen and oxygen atoms in total. The van der Waals surface area contributed by atoms with Crippen LogP contribution < -0.4 is 13.8 Å². The third-order valence-corrected chi connectivity index (χ3v) is 7.42. The van der Waals surface area contributed by atoms with Crippen molar-refractivity contribution in [1.82, 2.24) is 9.80 Å². The van der Waals surface area contributed by atoms with Gasteiger partial charge in [0.05, 0.1) is 10.6 Å². The number of piperazine rings is 1. The Kier molecular flexibility index (Phi) is 6.52. The Hall–Kier alpha value is -2.85. The van der Waals surface area contributed by atoms with Crippen molar-refractivity contribution in [3.05, 3.63) is 48.3 Å². The van der Waals surface area contributed by atoms with Crippen LogP contribution in [0.5, 0.6) is 11.5 Å². The third-order valence-electron chi connectivity index (χ3n) is 5.65. The highest BCUT2D eigenvalue weighted by Gasteiger charge is 2.31. The molecule has 2 aromatic rings. The van der Waals surface area contributed by atoms with Crippen molar-refractivity contribution in [3.63, 3.8) is 0 Å². The standard InChI is InChI=1S/C22H26FN3O5S/c1-2-24-8-10-25(11-9-24)22(27)16-26(18-5-3-4-17(23)14-18)32(28,29)19-6-7-20-21(15-19)31-13-12-30-20/h3-7,14-15H,2,8-13,16H2,1H3. The second-order valence-corrected chi connectivity index (χ2v) is 9.47. The molecule has 0 unspecified atom stereocenters. The number of halogens is 1. The fourth-order valence-electron chi connectivity index (χ4n) is 3.79. The number of amides is 1. The van der Waals surface area contributed by atoms with Crippen molar-refractivity contribution < 1.29 is 27.1 Å². The van der Waals surface area contributed by atoms with Gasteiger partial charge in [0.25, 0.3) is 10.0 Å². The van der Waals surface area contributed by atoms with Crippen molar-refractivity contribution in [2.75, 3.05) is 56.8 Å². The van der Waals surface area contributed by atoms with E-state index in [0.717, 1.165) is 30.0 Å². The minimum absolute atomic E-state index is 0.0605. The summed E-state index contributed by atoms with van der Waals surface area (Å²) in [6.45, 7) is 5.74. The second kappa shape index (κ2) is 9.33. The minimum atomic E-state index is -4.18. The maximum atomic E-state index is 14.0. The van der Waals surface area contributed by atoms with Crippen LogP contribution in [0.4, 0.5) is 10.1 Å². The molecule has 32 heavy (non-hydrogen) atoms. The first kappa shape index (κ1) is 22.3. The lowest BCUT2D eigenvalue weighted by molar-refractivity contribution is -0.131. The van der Waals surface area contributed by atoms with E-state index in [1.54, 1.807) is 4.90 Å². The molecule has 172 valence electrons. The summed E-state index contributed by atoms with van der Waals surface area (Å²) in [6, 6.07) is 9.53. The van der Waals surface area contributed by atoms with Gasteiger partial charge < -0.3 is 19.3 Å². The summed E-state index contributed by atoms with van der Waals surface area (Å²) in [6.07, 6.45) is 0. The third kappa shape index (κ3) is 4.66. The zero-order valence-electron chi connectivity index (χ0n) is 17.9. The molecule has 0 aliphatic carbocycles. The van der Waals surface area contributed by atoms with E-state index in [1.165, 1.54) is 36.4 Å². The van der Waals surface area contributed by atoms with Crippen LogP contribution in [0.2, 0.25) is 0 Å². The summed E-state index contributed by atoms with van der Waals surface area (Å²) >= 11 is 0. The zero-order valence-corrected chi connectivity index (χ0v) is 18.7. The normalized spacial score (nSPS) is 16.6. The maximum Gasteiger partial charge on any atom is 0.264 e. The van der Waals surface area contributed by atoms with E-state index in [1.807, 2.05) is 0 Å². The lowest BCUT2D eigenvalue weighted by Gasteiger charge is -2.35. The van der Waals surface area contributed by atoms with Crippen molar-refractivity contribution in [3.8, 4) is 11.5 Å². The predicted octanol–water partition coefficient (Wildman–Crippen LogP) is 1.96. The molecule has 0 radical (unpaired) electrons. The highest BCUT2D eigenvalue weighted by atomic mass is 32.2. The molecular weight excluding hydrogens is 437 g/mol. The molecule has 2 aromatic carbocycles. The number of anilines is 1. The van der Waals surface area contributed by atoms with E-state index >= 15 is 0 Å². The molecule has 2 heterocycles. The fourth-order valence-corrected chi connectivity index (χ4v) is 5.22. The molecule has 4 rings (SSSR count). The van der Waals surface area contributed by atoms with Gasteiger partial charge in [-0.3, -0.25) is 9.10 Å². The lowest BCUT2D eigenvalue weighted by atomic mass is 10.3. The summed E-state index contributed by atoms with van der Waals surface area (Å²) in [5, 5.41) is 0. The van der Waals surface area contributed by atoms with E-state index < -0.39 is 22.4 Å². The van der Waals surface area contributed by atoms with Crippen molar-refractivity contribution in [2.45, 2.75) is 11.8 Å². The average molecular weight is 464 g/mol. The van der Waals surface area contributed by atoms with Gasteiger partial charge in [0.15, 0.2) is 11.5 Å². The molecule has 10 heteroatoms. The molecular formula is C22H26FN3O5S. The number of hydrogen-bond acceptors (Lipinski definition) is 6. The Bertz CT molecular complexity index is 1090. The maximum absolute atomic E-state index is 14.0. The summed E-state index contributed by atoms with van der Waals surface area (Å²) in [5.41, 5.74) is 0.0837. The highest BCUT2D eigenvalue weighted by molar-refractivity contribution is 7.92. The van der Waals surface area contributed by atoms with Gasteiger partial charge in [0.1, 0.15) is 25.6 Å². The van der Waals surface area contributed by atoms with Gasteiger partial charge in [0, 0.05) is 32.2 Å². The molecule has 1 amide bonds. The topological polar surface area (TPSA) is 79.4 Å². The SMILES string of the molecule is CCN1CCN(C(=O)CN(c2cccc(F)c2)S(=O)(=O)c2ccc3c(c2)OCCO3)CC1. The first-order valence-corrected chi connectivity index (χ1v) is 12.0. The molecule has 0 spiro atoms. The van der Waals surface area contributed by atoms with Crippen LogP contribution >= 0.6 is 0 Å². The molecule has 0 saturated carbocycles. The Morgan fingerprint density at radius 1 is 1.03 bits per heavy atom. The Balaban J connectivity index is 1.64. The summed E-state index contributed by atoms with van der Waals surface area (Å²) in [7, 11) is -4.18. The van der Waals surface area contributed by atoms with Gasteiger partial charge in [0.2, 0.25) is 5.91 Å². The molecule has 2 aliphatic rings. The van der Waals surface area contributed by atoms with Crippen LogP contribution in [-0.2, 0) is 14.8 Å². The van der Waals surface area contributed by atoms with Gasteiger partial charge >= 0.3 is 0 Å². The number of sulfonamides is 1. The first-order valence-electron chi connectivity index (χ1n) is 10.6. The van der Waals surface area contributed by atoms with E-state index in [9.17, 15) is 17.6 Å². The molecule has 0 bridgehead atoms. The highest BCUT2D eigenvalue weighted by Crippen LogP contribution is 2.34. The Labute approximate surface area is 187 Å². The number of carbonyl (C=O) groups excluding carboxylic acids is 1. The first-order chi connectivity index (χ1) is 15.4. The number of likely N-dealkylation sites (N-methyl/N-ethyl adjacent to an activating group) is 1. The average Bonchev–Trinajstić information content (AvgIpc) is 2.82. The minimum Gasteiger partial charge on any atom is -0.486 e. The summed E-state index contributed by atoms with van der Waals surface area (Å²) in [5.74, 6) is -0.143. The van der Waals surface area contributed by atoms with Crippen LogP contribution in [-0.4, -0.2) is 76.6 Å². The van der Waals surface area contributed by atoms with E-state index in [2.05, 4.69) is 11.8 Å². The monoisotopic (exact) mass is 463 g/mol. The molecule has 1 fully saturated rings. The van der Waals surface area contributed by atoms with Crippen LogP contribution in [0, 0.1) is 5.82 Å². The zero-order chi connectivity index (χ0) is 22.7. The lowest BCUT2D eigenvalue weighted by Crippen LogP contribution is -2.51. The van der Waals surface area contributed by atoms with Gasteiger partial charge in [-0.2, -0.15) is 0 Å². The van der Waals surface area contributed by atoms with E-state index in [-0.39, 0.29) is 16.5 Å². The number of benzene rings is 2. The van der Waals surface area contributed by atoms with Crippen molar-refractivity contribution in [2.24, 2.45) is 0 Å². The quantitative estimate of drug-likeness (QED) is 0.652. The van der Waals surface area contributed by atoms with Gasteiger partial charge in [-0.05, 0) is 36.9 Å². The number of hydrogen-bond donors (Lipinski definition) is 0. The smallest absolute Gasteiger partial charge is 0.264 e. The number of ether oxygens (including phenoxy) is 2. The number of nitrogens with zero attached hydrogens (tertiary/aromatic N) is 3. The van der Waals surface area contributed by atoms with E-state index in [4.69, 9.17) is 9.47 Å². The Morgan fingerprint density at radius 2 is 1.75 bits per heavy atom. The second-order valence-electron chi connectivity index (χ2n) is 7.61. The van der Waals surface area contributed by atoms with Gasteiger partial charge in [-0.1, -0.05) is 13.0 Å². The fraction of sp³-hybridized carbons (Fsp3) is 0.409. The number of fused-ring (bicyclic) bond motifs is 1. The van der Waals surface area contributed by atoms with Crippen LogP contribution in [0.25, 0.3) is 0 Å². The predicted molar refractivity (Wildman–Crippen MR) is 117 cm³/mol. The Morgan fingerprint density at radius 3 is 2.44 bits per heavy atom. The summed E-state index contributed by atoms with van der Waals surface area (Å²) in [4.78, 5) is 16.8. The van der Waals surface area contributed by atoms with Crippen molar-refractivity contribution >= 4 is 21.6 Å². The van der Waals surface area contributed by atoms with Crippen LogP contribution in [0.3, 0.4) is 0 Å². The molecule has 0 N–H and O–H groups in total. The molecule has 0 atom stereocenters. The summed E-state index contributed by atoms with van der Waals surface area (Å²) < 4.78 is 53.0. The van der Waals surface area contributed by atoms with Crippen LogP contribution in [0.15, 0.2) is 47.4 Å². The van der Waals surface area contributed by atoms with Gasteiger partial charge in [-0.15, -0.1) is 0 Å². The number of carbonyl (C=O) groups is 1. The number of rotatable bonds is 6. The largest absolute Gasteiger partial charge is 0.486 e. The molecule has 2 aliphatic heterocycles. The van der Waals surface area contributed by atoms with E-state index in [0.29, 0.717) is 37.8 Å². The molecule has 0 aromatic heterocycles. The van der Waals surface area contributed by atoms with Crippen molar-refractivity contribution in [1.29, 1.82) is 0 Å². The van der Waals surface area contributed by atoms with Crippen LogP contribution in [0.1, 0.15) is 6.92 Å².